The number of hydrogen-bond donors (Lipinski definition) is 0. The van der Waals surface area contributed by atoms with Gasteiger partial charge in [-0.3, -0.25) is 0 Å². The van der Waals surface area contributed by atoms with E-state index in [-0.39, 0.29) is 0 Å². The first-order chi connectivity index (χ1) is 17.9. The van der Waals surface area contributed by atoms with Gasteiger partial charge in [-0.15, -0.1) is 0 Å². The molecule has 5 aromatic rings. The number of rotatable bonds is 7. The van der Waals surface area contributed by atoms with Crippen molar-refractivity contribution in [3.63, 3.8) is 0 Å². The van der Waals surface area contributed by atoms with Crippen LogP contribution in [0.5, 0.6) is 0 Å². The van der Waals surface area contributed by atoms with Crippen LogP contribution < -0.4 is 21.2 Å². The Morgan fingerprint density at radius 3 is 1.22 bits per heavy atom. The Morgan fingerprint density at radius 2 is 0.806 bits per heavy atom. The summed E-state index contributed by atoms with van der Waals surface area (Å²) >= 11 is 0. The Balaban J connectivity index is 1.62. The maximum atomic E-state index is 2.92. The number of hydrogen-bond acceptors (Lipinski definition) is 1. The lowest BCUT2D eigenvalue weighted by Gasteiger charge is -2.43. The van der Waals surface area contributed by atoms with Gasteiger partial charge in [-0.05, 0) is 45.2 Å². The number of aryl methyl sites for hydroxylation is 1. The van der Waals surface area contributed by atoms with Crippen LogP contribution in [0, 0.1) is 0 Å². The summed E-state index contributed by atoms with van der Waals surface area (Å²) in [7, 11) is -1.55. The highest BCUT2D eigenvalue weighted by Gasteiger charge is 2.39. The van der Waals surface area contributed by atoms with Crippen molar-refractivity contribution in [1.29, 1.82) is 0 Å². The fourth-order valence-electron chi connectivity index (χ4n) is 5.19. The number of nitrogens with zero attached hydrogens (tertiary/aromatic N) is 1. The zero-order valence-corrected chi connectivity index (χ0v) is 22.0. The van der Waals surface area contributed by atoms with E-state index in [2.05, 4.69) is 150 Å². The molecule has 1 unspecified atom stereocenters. The highest BCUT2D eigenvalue weighted by molar-refractivity contribution is 7.84. The van der Waals surface area contributed by atoms with E-state index >= 15 is 0 Å². The van der Waals surface area contributed by atoms with Gasteiger partial charge in [0.15, 0.2) is 0 Å². The Kier molecular flexibility index (Phi) is 7.06. The van der Waals surface area contributed by atoms with E-state index in [1.165, 1.54) is 32.3 Å². The lowest BCUT2D eigenvalue weighted by Crippen LogP contribution is -2.33. The fraction of sp³-hybridized carbons (Fsp3) is 0.0909. The summed E-state index contributed by atoms with van der Waals surface area (Å²) in [5, 5.41) is 5.62. The Hall–Kier alpha value is -3.08. The van der Waals surface area contributed by atoms with E-state index in [1.807, 2.05) is 0 Å². The first kappa shape index (κ1) is 23.3. The molecule has 0 amide bonds. The van der Waals surface area contributed by atoms with Gasteiger partial charge in [-0.25, -0.2) is 4.44 Å². The molecule has 5 aromatic carbocycles. The van der Waals surface area contributed by atoms with Crippen LogP contribution >= 0.6 is 16.1 Å². The predicted octanol–water partition coefficient (Wildman–Crippen LogP) is 7.07. The summed E-state index contributed by atoms with van der Waals surface area (Å²) in [5.74, 6) is 0. The molecule has 0 saturated carbocycles. The Morgan fingerprint density at radius 1 is 0.444 bits per heavy atom. The quantitative estimate of drug-likeness (QED) is 0.216. The molecule has 36 heavy (non-hydrogen) atoms. The summed E-state index contributed by atoms with van der Waals surface area (Å²) in [6.45, 7) is 0. The van der Waals surface area contributed by atoms with E-state index < -0.39 is 16.1 Å². The molecule has 0 spiro atoms. The highest BCUT2D eigenvalue weighted by atomic mass is 31.2. The standard InChI is InChI=1S/C33H29NP2/c1-5-16-28(17-6-1)35(29-18-7-2-8-19-29)34(33-26-25-27-15-13-14-24-32(27)33)36(30-20-9-3-10-21-30)31-22-11-4-12-23-31/h1-24,33H,25-26H2. The third-order valence-corrected chi connectivity index (χ3v) is 12.4. The van der Waals surface area contributed by atoms with Crippen LogP contribution in [0.1, 0.15) is 23.6 Å². The molecule has 0 N–H and O–H groups in total. The van der Waals surface area contributed by atoms with Crippen molar-refractivity contribution in [3.8, 4) is 0 Å². The lowest BCUT2D eigenvalue weighted by molar-refractivity contribution is 0.516. The molecule has 6 rings (SSSR count). The van der Waals surface area contributed by atoms with Gasteiger partial charge in [-0.2, -0.15) is 0 Å². The summed E-state index contributed by atoms with van der Waals surface area (Å²) < 4.78 is 2.92. The van der Waals surface area contributed by atoms with Gasteiger partial charge in [-0.1, -0.05) is 146 Å². The minimum absolute atomic E-state index is 0.360. The summed E-state index contributed by atoms with van der Waals surface area (Å²) in [6.07, 6.45) is 2.28. The van der Waals surface area contributed by atoms with E-state index in [0.29, 0.717) is 6.04 Å². The van der Waals surface area contributed by atoms with Crippen LogP contribution in [0.15, 0.2) is 146 Å². The molecule has 1 aliphatic rings. The minimum atomic E-state index is -0.774. The summed E-state index contributed by atoms with van der Waals surface area (Å²) in [4.78, 5) is 0. The average molecular weight is 502 g/mol. The van der Waals surface area contributed by atoms with Gasteiger partial charge in [0, 0.05) is 22.2 Å². The second-order valence-electron chi connectivity index (χ2n) is 9.04. The zero-order valence-electron chi connectivity index (χ0n) is 20.2. The molecule has 0 saturated heterocycles. The van der Waals surface area contributed by atoms with Crippen molar-refractivity contribution in [2.75, 3.05) is 0 Å². The van der Waals surface area contributed by atoms with Crippen LogP contribution in [0.4, 0.5) is 0 Å². The minimum Gasteiger partial charge on any atom is -0.237 e. The van der Waals surface area contributed by atoms with Crippen LogP contribution in [0.2, 0.25) is 0 Å². The van der Waals surface area contributed by atoms with Crippen molar-refractivity contribution in [2.45, 2.75) is 18.9 Å². The first-order valence-corrected chi connectivity index (χ1v) is 15.2. The third kappa shape index (κ3) is 4.68. The van der Waals surface area contributed by atoms with E-state index in [0.717, 1.165) is 12.8 Å². The van der Waals surface area contributed by atoms with Gasteiger partial charge in [0.05, 0.1) is 0 Å². The Labute approximate surface area is 217 Å². The van der Waals surface area contributed by atoms with Crippen LogP contribution in [-0.4, -0.2) is 4.44 Å². The highest BCUT2D eigenvalue weighted by Crippen LogP contribution is 2.61. The van der Waals surface area contributed by atoms with Crippen molar-refractivity contribution < 1.29 is 0 Å². The molecule has 1 aliphatic carbocycles. The zero-order chi connectivity index (χ0) is 24.2. The van der Waals surface area contributed by atoms with Gasteiger partial charge >= 0.3 is 0 Å². The molecule has 0 aromatic heterocycles. The molecular weight excluding hydrogens is 472 g/mol. The first-order valence-electron chi connectivity index (χ1n) is 12.6. The molecule has 0 radical (unpaired) electrons. The molecule has 1 atom stereocenters. The third-order valence-electron chi connectivity index (χ3n) is 6.79. The molecule has 0 fully saturated rings. The number of benzene rings is 5. The van der Waals surface area contributed by atoms with Crippen LogP contribution in [0.25, 0.3) is 0 Å². The van der Waals surface area contributed by atoms with E-state index in [9.17, 15) is 0 Å². The van der Waals surface area contributed by atoms with Crippen molar-refractivity contribution in [1.82, 2.24) is 4.44 Å². The van der Waals surface area contributed by atoms with Crippen molar-refractivity contribution >= 4 is 37.4 Å². The van der Waals surface area contributed by atoms with Gasteiger partial charge < -0.3 is 0 Å². The smallest absolute Gasteiger partial charge is 0.0442 e. The molecule has 3 heteroatoms. The van der Waals surface area contributed by atoms with Gasteiger partial charge in [0.1, 0.15) is 0 Å². The average Bonchev–Trinajstić information content (AvgIpc) is 3.39. The molecule has 0 bridgehead atoms. The molecule has 0 heterocycles. The molecule has 176 valence electrons. The fourth-order valence-corrected chi connectivity index (χ4v) is 11.5. The topological polar surface area (TPSA) is 3.24 Å². The SMILES string of the molecule is c1ccc(P(c2ccccc2)N(C2CCc3ccccc32)P(c2ccccc2)c2ccccc2)cc1. The van der Waals surface area contributed by atoms with Gasteiger partial charge in [0.2, 0.25) is 0 Å². The van der Waals surface area contributed by atoms with E-state index in [1.54, 1.807) is 0 Å². The van der Waals surface area contributed by atoms with Crippen LogP contribution in [0.3, 0.4) is 0 Å². The molecular formula is C33H29NP2. The number of fused-ring (bicyclic) bond motifs is 1. The molecule has 1 nitrogen and oxygen atoms in total. The second-order valence-corrected chi connectivity index (χ2v) is 13.5. The maximum absolute atomic E-state index is 2.92. The lowest BCUT2D eigenvalue weighted by atomic mass is 10.1. The summed E-state index contributed by atoms with van der Waals surface area (Å²) in [6, 6.07) is 54.2. The predicted molar refractivity (Wildman–Crippen MR) is 157 cm³/mol. The second kappa shape index (κ2) is 10.9. The normalized spacial score (nSPS) is 14.9. The Bertz CT molecular complexity index is 1230. The molecule has 0 aliphatic heterocycles. The largest absolute Gasteiger partial charge is 0.237 e. The maximum Gasteiger partial charge on any atom is 0.0442 e. The van der Waals surface area contributed by atoms with E-state index in [4.69, 9.17) is 0 Å². The van der Waals surface area contributed by atoms with Gasteiger partial charge in [0.25, 0.3) is 0 Å². The van der Waals surface area contributed by atoms with Crippen LogP contribution in [-0.2, 0) is 6.42 Å². The van der Waals surface area contributed by atoms with Crippen molar-refractivity contribution in [2.24, 2.45) is 0 Å². The monoisotopic (exact) mass is 501 g/mol. The van der Waals surface area contributed by atoms with Crippen molar-refractivity contribution in [3.05, 3.63) is 157 Å². The summed E-state index contributed by atoms with van der Waals surface area (Å²) in [5.41, 5.74) is 3.00.